The molecule has 0 aromatic rings. The minimum atomic E-state index is 0.720. The van der Waals surface area contributed by atoms with E-state index in [-0.39, 0.29) is 0 Å². The standard InChI is InChI=1S/C11H19Cl/c1-8(2)10-5-4-9(3)11(6-10)7-12/h6,8-10H,4-5,7H2,1-3H3/t9-,10+/m1/s1. The van der Waals surface area contributed by atoms with Gasteiger partial charge in [0.2, 0.25) is 0 Å². The number of halogens is 1. The van der Waals surface area contributed by atoms with Crippen LogP contribution in [0, 0.1) is 17.8 Å². The number of alkyl halides is 1. The summed E-state index contributed by atoms with van der Waals surface area (Å²) in [7, 11) is 0. The second-order valence-corrected chi connectivity index (χ2v) is 4.53. The molecule has 0 N–H and O–H groups in total. The lowest BCUT2D eigenvalue weighted by Crippen LogP contribution is -2.16. The largest absolute Gasteiger partial charge is 0.122 e. The highest BCUT2D eigenvalue weighted by Crippen LogP contribution is 2.32. The molecule has 12 heavy (non-hydrogen) atoms. The highest BCUT2D eigenvalue weighted by atomic mass is 35.5. The Hall–Kier alpha value is 0.0300. The summed E-state index contributed by atoms with van der Waals surface area (Å²) >= 11 is 5.88. The van der Waals surface area contributed by atoms with Gasteiger partial charge in [-0.3, -0.25) is 0 Å². The quantitative estimate of drug-likeness (QED) is 0.454. The summed E-state index contributed by atoms with van der Waals surface area (Å²) in [5.41, 5.74) is 1.46. The molecule has 1 heteroatoms. The molecule has 70 valence electrons. The molecule has 0 radical (unpaired) electrons. The number of rotatable bonds is 2. The Morgan fingerprint density at radius 2 is 2.17 bits per heavy atom. The smallest absolute Gasteiger partial charge is 0.0436 e. The molecule has 0 saturated heterocycles. The van der Waals surface area contributed by atoms with E-state index < -0.39 is 0 Å². The SMILES string of the molecule is CC(C)[C@@H]1C=C(CCl)[C@H](C)CC1. The van der Waals surface area contributed by atoms with E-state index in [9.17, 15) is 0 Å². The molecule has 2 atom stereocenters. The minimum Gasteiger partial charge on any atom is -0.122 e. The molecule has 0 unspecified atom stereocenters. The van der Waals surface area contributed by atoms with Crippen LogP contribution in [0.2, 0.25) is 0 Å². The van der Waals surface area contributed by atoms with Gasteiger partial charge in [-0.1, -0.05) is 32.4 Å². The first-order valence-electron chi connectivity index (χ1n) is 4.91. The zero-order valence-corrected chi connectivity index (χ0v) is 9.06. The number of hydrogen-bond acceptors (Lipinski definition) is 0. The fourth-order valence-electron chi connectivity index (χ4n) is 1.85. The van der Waals surface area contributed by atoms with Crippen molar-refractivity contribution in [3.8, 4) is 0 Å². The van der Waals surface area contributed by atoms with Gasteiger partial charge in [0.05, 0.1) is 0 Å². The third kappa shape index (κ3) is 2.26. The molecular formula is C11H19Cl. The Labute approximate surface area is 81.0 Å². The zero-order chi connectivity index (χ0) is 9.14. The van der Waals surface area contributed by atoms with Crippen LogP contribution in [0.1, 0.15) is 33.6 Å². The van der Waals surface area contributed by atoms with E-state index in [1.54, 1.807) is 0 Å². The van der Waals surface area contributed by atoms with Gasteiger partial charge < -0.3 is 0 Å². The van der Waals surface area contributed by atoms with Gasteiger partial charge in [-0.25, -0.2) is 0 Å². The molecule has 0 spiro atoms. The van der Waals surface area contributed by atoms with E-state index in [1.165, 1.54) is 18.4 Å². The Bertz CT molecular complexity index is 170. The Morgan fingerprint density at radius 1 is 1.50 bits per heavy atom. The Morgan fingerprint density at radius 3 is 2.67 bits per heavy atom. The Kier molecular flexibility index (Phi) is 3.64. The number of allylic oxidation sites excluding steroid dienone is 2. The predicted octanol–water partition coefficient (Wildman–Crippen LogP) is 3.85. The van der Waals surface area contributed by atoms with E-state index in [4.69, 9.17) is 11.6 Å². The van der Waals surface area contributed by atoms with E-state index in [0.717, 1.165) is 23.6 Å². The summed E-state index contributed by atoms with van der Waals surface area (Å²) in [6, 6.07) is 0. The average molecular weight is 187 g/mol. The van der Waals surface area contributed by atoms with Gasteiger partial charge in [0.25, 0.3) is 0 Å². The average Bonchev–Trinajstić information content (AvgIpc) is 2.05. The maximum absolute atomic E-state index is 5.88. The molecule has 0 amide bonds. The van der Waals surface area contributed by atoms with Crippen LogP contribution in [0.4, 0.5) is 0 Å². The lowest BCUT2D eigenvalue weighted by molar-refractivity contribution is 0.373. The van der Waals surface area contributed by atoms with Crippen LogP contribution < -0.4 is 0 Å². The fraction of sp³-hybridized carbons (Fsp3) is 0.818. The molecule has 0 fully saturated rings. The van der Waals surface area contributed by atoms with Crippen molar-refractivity contribution < 1.29 is 0 Å². The van der Waals surface area contributed by atoms with Crippen molar-refractivity contribution in [3.63, 3.8) is 0 Å². The zero-order valence-electron chi connectivity index (χ0n) is 8.31. The third-order valence-electron chi connectivity index (χ3n) is 3.00. The first kappa shape index (κ1) is 10.1. The van der Waals surface area contributed by atoms with Crippen molar-refractivity contribution in [1.29, 1.82) is 0 Å². The highest BCUT2D eigenvalue weighted by Gasteiger charge is 2.20. The summed E-state index contributed by atoms with van der Waals surface area (Å²) in [6.07, 6.45) is 5.08. The minimum absolute atomic E-state index is 0.720. The highest BCUT2D eigenvalue weighted by molar-refractivity contribution is 6.19. The molecule has 1 aliphatic carbocycles. The van der Waals surface area contributed by atoms with Gasteiger partial charge >= 0.3 is 0 Å². The second-order valence-electron chi connectivity index (χ2n) is 4.26. The molecule has 0 aromatic carbocycles. The molecule has 0 bridgehead atoms. The number of hydrogen-bond donors (Lipinski definition) is 0. The van der Waals surface area contributed by atoms with Gasteiger partial charge in [0, 0.05) is 5.88 Å². The molecule has 0 aliphatic heterocycles. The van der Waals surface area contributed by atoms with Crippen LogP contribution >= 0.6 is 11.6 Å². The van der Waals surface area contributed by atoms with E-state index in [1.807, 2.05) is 0 Å². The molecule has 0 heterocycles. The first-order valence-corrected chi connectivity index (χ1v) is 5.45. The van der Waals surface area contributed by atoms with Crippen LogP contribution in [-0.4, -0.2) is 5.88 Å². The lowest BCUT2D eigenvalue weighted by atomic mass is 9.79. The lowest BCUT2D eigenvalue weighted by Gasteiger charge is -2.27. The van der Waals surface area contributed by atoms with E-state index >= 15 is 0 Å². The normalized spacial score (nSPS) is 30.6. The van der Waals surface area contributed by atoms with Crippen molar-refractivity contribution in [2.45, 2.75) is 33.6 Å². The van der Waals surface area contributed by atoms with Crippen LogP contribution in [0.5, 0.6) is 0 Å². The summed E-state index contributed by atoms with van der Waals surface area (Å²) in [6.45, 7) is 6.87. The van der Waals surface area contributed by atoms with Crippen LogP contribution in [0.3, 0.4) is 0 Å². The Balaban J connectivity index is 2.66. The molecular weight excluding hydrogens is 168 g/mol. The van der Waals surface area contributed by atoms with E-state index in [0.29, 0.717) is 0 Å². The van der Waals surface area contributed by atoms with Gasteiger partial charge in [-0.2, -0.15) is 0 Å². The molecule has 0 nitrogen and oxygen atoms in total. The maximum atomic E-state index is 5.88. The van der Waals surface area contributed by atoms with Crippen LogP contribution in [-0.2, 0) is 0 Å². The third-order valence-corrected chi connectivity index (χ3v) is 3.31. The van der Waals surface area contributed by atoms with Gasteiger partial charge in [0.15, 0.2) is 0 Å². The van der Waals surface area contributed by atoms with Gasteiger partial charge in [-0.15, -0.1) is 11.6 Å². The monoisotopic (exact) mass is 186 g/mol. The molecule has 1 rings (SSSR count). The van der Waals surface area contributed by atoms with Gasteiger partial charge in [0.1, 0.15) is 0 Å². The summed E-state index contributed by atoms with van der Waals surface area (Å²) in [5.74, 6) is 2.99. The van der Waals surface area contributed by atoms with Gasteiger partial charge in [-0.05, 0) is 30.6 Å². The second kappa shape index (κ2) is 4.32. The summed E-state index contributed by atoms with van der Waals surface area (Å²) in [4.78, 5) is 0. The van der Waals surface area contributed by atoms with E-state index in [2.05, 4.69) is 26.8 Å². The van der Waals surface area contributed by atoms with Crippen LogP contribution in [0.15, 0.2) is 11.6 Å². The van der Waals surface area contributed by atoms with Crippen molar-refractivity contribution in [3.05, 3.63) is 11.6 Å². The first-order chi connectivity index (χ1) is 5.65. The van der Waals surface area contributed by atoms with Crippen LogP contribution in [0.25, 0.3) is 0 Å². The van der Waals surface area contributed by atoms with Crippen molar-refractivity contribution in [2.24, 2.45) is 17.8 Å². The molecule has 1 aliphatic rings. The van der Waals surface area contributed by atoms with Crippen molar-refractivity contribution in [1.82, 2.24) is 0 Å². The van der Waals surface area contributed by atoms with Crippen molar-refractivity contribution in [2.75, 3.05) is 5.88 Å². The maximum Gasteiger partial charge on any atom is 0.0436 e. The topological polar surface area (TPSA) is 0 Å². The predicted molar refractivity (Wildman–Crippen MR) is 55.5 cm³/mol. The summed E-state index contributed by atoms with van der Waals surface area (Å²) < 4.78 is 0. The molecule has 0 aromatic heterocycles. The van der Waals surface area contributed by atoms with Crippen molar-refractivity contribution >= 4 is 11.6 Å². The summed E-state index contributed by atoms with van der Waals surface area (Å²) in [5, 5.41) is 0. The fourth-order valence-corrected chi connectivity index (χ4v) is 2.20. The molecule has 0 saturated carbocycles.